The largest absolute Gasteiger partial charge is 0.497 e. The summed E-state index contributed by atoms with van der Waals surface area (Å²) in [6.07, 6.45) is 0.994. The van der Waals surface area contributed by atoms with E-state index in [1.807, 2.05) is 49.4 Å². The smallest absolute Gasteiger partial charge is 0.191 e. The van der Waals surface area contributed by atoms with Gasteiger partial charge in [-0.25, -0.2) is 9.98 Å². The molecule has 0 saturated heterocycles. The fourth-order valence-corrected chi connectivity index (χ4v) is 3.31. The molecular weight excluding hydrogens is 507 g/mol. The number of halogens is 1. The molecule has 8 nitrogen and oxygen atoms in total. The van der Waals surface area contributed by atoms with Crippen molar-refractivity contribution >= 4 is 29.9 Å². The summed E-state index contributed by atoms with van der Waals surface area (Å²) >= 11 is 0. The molecule has 2 heterocycles. The first-order valence-corrected chi connectivity index (χ1v) is 10.1. The van der Waals surface area contributed by atoms with Crippen LogP contribution < -0.4 is 20.1 Å². The first kappa shape index (κ1) is 22.9. The summed E-state index contributed by atoms with van der Waals surface area (Å²) in [7, 11) is 1.64. The Hall–Kier alpha value is -2.82. The van der Waals surface area contributed by atoms with Crippen LogP contribution in [0, 0.1) is 0 Å². The molecular formula is C22H27IN6O2. The van der Waals surface area contributed by atoms with Gasteiger partial charge in [-0.15, -0.1) is 24.0 Å². The summed E-state index contributed by atoms with van der Waals surface area (Å²) in [6.45, 7) is 3.87. The quantitative estimate of drug-likeness (QED) is 0.245. The van der Waals surface area contributed by atoms with Gasteiger partial charge in [-0.05, 0) is 42.8 Å². The van der Waals surface area contributed by atoms with Crippen molar-refractivity contribution in [2.75, 3.05) is 20.2 Å². The van der Waals surface area contributed by atoms with Gasteiger partial charge >= 0.3 is 0 Å². The number of hydrogen-bond acceptors (Lipinski definition) is 5. The Morgan fingerprint density at radius 1 is 1.19 bits per heavy atom. The van der Waals surface area contributed by atoms with Crippen molar-refractivity contribution < 1.29 is 9.47 Å². The predicted octanol–water partition coefficient (Wildman–Crippen LogP) is 3.16. The number of aliphatic imine (C=N–C) groups is 1. The summed E-state index contributed by atoms with van der Waals surface area (Å²) < 4.78 is 11.2. The third-order valence-electron chi connectivity index (χ3n) is 4.82. The maximum absolute atomic E-state index is 5.98. The molecule has 9 heteroatoms. The van der Waals surface area contributed by atoms with E-state index in [4.69, 9.17) is 9.47 Å². The monoisotopic (exact) mass is 534 g/mol. The third kappa shape index (κ3) is 5.87. The van der Waals surface area contributed by atoms with Crippen LogP contribution in [0.1, 0.15) is 18.3 Å². The number of hydrogen-bond donors (Lipinski definition) is 3. The predicted molar refractivity (Wildman–Crippen MR) is 131 cm³/mol. The van der Waals surface area contributed by atoms with Gasteiger partial charge in [0, 0.05) is 18.5 Å². The molecule has 1 unspecified atom stereocenters. The van der Waals surface area contributed by atoms with Gasteiger partial charge in [0.15, 0.2) is 11.8 Å². The molecule has 1 aliphatic rings. The Morgan fingerprint density at radius 2 is 2.00 bits per heavy atom. The number of benzene rings is 2. The van der Waals surface area contributed by atoms with Crippen LogP contribution in [-0.2, 0) is 13.0 Å². The van der Waals surface area contributed by atoms with E-state index in [1.54, 1.807) is 7.11 Å². The van der Waals surface area contributed by atoms with Gasteiger partial charge in [-0.1, -0.05) is 18.2 Å². The Morgan fingerprint density at radius 3 is 2.74 bits per heavy atom. The average molecular weight is 534 g/mol. The van der Waals surface area contributed by atoms with Crippen LogP contribution in [0.5, 0.6) is 11.5 Å². The number of aromatic nitrogens is 3. The number of aromatic amines is 1. The number of rotatable bonds is 7. The molecule has 1 aromatic heterocycles. The maximum Gasteiger partial charge on any atom is 0.191 e. The van der Waals surface area contributed by atoms with Gasteiger partial charge in [0.05, 0.1) is 13.7 Å². The van der Waals surface area contributed by atoms with Crippen molar-refractivity contribution in [2.24, 2.45) is 4.99 Å². The molecule has 164 valence electrons. The van der Waals surface area contributed by atoms with Crippen molar-refractivity contribution in [3.05, 3.63) is 59.9 Å². The lowest BCUT2D eigenvalue weighted by molar-refractivity contribution is 0.235. The van der Waals surface area contributed by atoms with Gasteiger partial charge in [0.25, 0.3) is 0 Å². The first-order chi connectivity index (χ1) is 14.7. The zero-order valence-corrected chi connectivity index (χ0v) is 19.9. The van der Waals surface area contributed by atoms with Gasteiger partial charge < -0.3 is 20.1 Å². The summed E-state index contributed by atoms with van der Waals surface area (Å²) in [5.74, 6) is 3.83. The van der Waals surface area contributed by atoms with E-state index in [2.05, 4.69) is 36.9 Å². The van der Waals surface area contributed by atoms with E-state index in [9.17, 15) is 0 Å². The number of methoxy groups -OCH3 is 1. The topological polar surface area (TPSA) is 96.5 Å². The zero-order chi connectivity index (χ0) is 20.8. The van der Waals surface area contributed by atoms with E-state index < -0.39 is 0 Å². The van der Waals surface area contributed by atoms with E-state index in [-0.39, 0.29) is 30.1 Å². The Kier molecular flexibility index (Phi) is 8.10. The number of para-hydroxylation sites is 1. The molecule has 0 saturated carbocycles. The molecule has 0 spiro atoms. The van der Waals surface area contributed by atoms with E-state index in [0.717, 1.165) is 36.0 Å². The van der Waals surface area contributed by atoms with Crippen molar-refractivity contribution in [3.63, 3.8) is 0 Å². The highest BCUT2D eigenvalue weighted by molar-refractivity contribution is 14.0. The fraction of sp³-hybridized carbons (Fsp3) is 0.318. The van der Waals surface area contributed by atoms with Gasteiger partial charge in [0.1, 0.15) is 30.0 Å². The van der Waals surface area contributed by atoms with Gasteiger partial charge in [-0.2, -0.15) is 5.10 Å². The van der Waals surface area contributed by atoms with Crippen LogP contribution in [-0.4, -0.2) is 47.4 Å². The second-order valence-electron chi connectivity index (χ2n) is 6.96. The summed E-state index contributed by atoms with van der Waals surface area (Å²) in [5, 5.41) is 13.9. The van der Waals surface area contributed by atoms with Gasteiger partial charge in [0.2, 0.25) is 0 Å². The van der Waals surface area contributed by atoms with Crippen LogP contribution >= 0.6 is 24.0 Å². The van der Waals surface area contributed by atoms with Crippen LogP contribution in [0.3, 0.4) is 0 Å². The standard InChI is InChI=1S/C22H26N6O2.HI/c1-3-23-22(24-13-18-12-16-6-4-5-7-19(16)30-18)25-14-20-26-21(28-27-20)15-8-10-17(29-2)11-9-15;/h4-11,18H,3,12-14H2,1-2H3,(H2,23,24,25)(H,26,27,28);1H. The Bertz CT molecular complexity index is 980. The molecule has 0 amide bonds. The van der Waals surface area contributed by atoms with Crippen molar-refractivity contribution in [1.29, 1.82) is 0 Å². The molecule has 4 rings (SSSR count). The van der Waals surface area contributed by atoms with Gasteiger partial charge in [-0.3, -0.25) is 5.10 Å². The molecule has 0 aliphatic carbocycles. The lowest BCUT2D eigenvalue weighted by Gasteiger charge is -2.15. The summed E-state index contributed by atoms with van der Waals surface area (Å²) in [6, 6.07) is 15.8. The van der Waals surface area contributed by atoms with Crippen molar-refractivity contribution in [3.8, 4) is 22.9 Å². The van der Waals surface area contributed by atoms with E-state index >= 15 is 0 Å². The average Bonchev–Trinajstić information content (AvgIpc) is 3.42. The van der Waals surface area contributed by atoms with E-state index in [1.165, 1.54) is 5.56 Å². The number of fused-ring (bicyclic) bond motifs is 1. The number of nitrogens with zero attached hydrogens (tertiary/aromatic N) is 3. The molecule has 0 fully saturated rings. The molecule has 1 atom stereocenters. The molecule has 3 N–H and O–H groups in total. The minimum Gasteiger partial charge on any atom is -0.497 e. The number of H-pyrrole nitrogens is 1. The molecule has 3 aromatic rings. The highest BCUT2D eigenvalue weighted by Crippen LogP contribution is 2.27. The van der Waals surface area contributed by atoms with E-state index in [0.29, 0.717) is 24.7 Å². The minimum absolute atomic E-state index is 0. The molecule has 1 aliphatic heterocycles. The van der Waals surface area contributed by atoms with Crippen LogP contribution in [0.2, 0.25) is 0 Å². The fourth-order valence-electron chi connectivity index (χ4n) is 3.31. The SMILES string of the molecule is CCNC(=NCc1nc(-c2ccc(OC)cc2)n[nH]1)NCC1Cc2ccccc2O1.I. The lowest BCUT2D eigenvalue weighted by atomic mass is 10.1. The summed E-state index contributed by atoms with van der Waals surface area (Å²) in [4.78, 5) is 9.15. The lowest BCUT2D eigenvalue weighted by Crippen LogP contribution is -2.42. The second-order valence-corrected chi connectivity index (χ2v) is 6.96. The van der Waals surface area contributed by atoms with Crippen LogP contribution in [0.25, 0.3) is 11.4 Å². The minimum atomic E-state index is 0. The number of guanidine groups is 1. The van der Waals surface area contributed by atoms with Crippen molar-refractivity contribution in [1.82, 2.24) is 25.8 Å². The highest BCUT2D eigenvalue weighted by atomic mass is 127. The molecule has 31 heavy (non-hydrogen) atoms. The Balaban J connectivity index is 0.00000272. The number of ether oxygens (including phenoxy) is 2. The third-order valence-corrected chi connectivity index (χ3v) is 4.82. The highest BCUT2D eigenvalue weighted by Gasteiger charge is 2.22. The molecule has 0 bridgehead atoms. The molecule has 2 aromatic carbocycles. The second kappa shape index (κ2) is 11.0. The van der Waals surface area contributed by atoms with Crippen LogP contribution in [0.4, 0.5) is 0 Å². The normalized spacial score (nSPS) is 14.9. The maximum atomic E-state index is 5.98. The first-order valence-electron chi connectivity index (χ1n) is 10.1. The Labute approximate surface area is 198 Å². The molecule has 0 radical (unpaired) electrons. The number of nitrogens with one attached hydrogen (secondary N) is 3. The summed E-state index contributed by atoms with van der Waals surface area (Å²) in [5.41, 5.74) is 2.17. The van der Waals surface area contributed by atoms with Crippen molar-refractivity contribution in [2.45, 2.75) is 26.0 Å². The zero-order valence-electron chi connectivity index (χ0n) is 17.6. The van der Waals surface area contributed by atoms with Crippen LogP contribution in [0.15, 0.2) is 53.5 Å².